The molecule has 1 aromatic heterocycles. The smallest absolute Gasteiger partial charge is 0.200 e. The predicted octanol–water partition coefficient (Wildman–Crippen LogP) is 1.52. The van der Waals surface area contributed by atoms with Crippen molar-refractivity contribution < 1.29 is 4.84 Å². The summed E-state index contributed by atoms with van der Waals surface area (Å²) in [5.41, 5.74) is 5.99. The van der Waals surface area contributed by atoms with Crippen molar-refractivity contribution in [1.29, 1.82) is 0 Å². The second-order valence-electron chi connectivity index (χ2n) is 1.82. The van der Waals surface area contributed by atoms with Crippen molar-refractivity contribution >= 4 is 22.4 Å². The molecular formula is C7H14N4OS. The van der Waals surface area contributed by atoms with Gasteiger partial charge in [0.2, 0.25) is 0 Å². The Labute approximate surface area is 81.8 Å². The van der Waals surface area contributed by atoms with Crippen molar-refractivity contribution in [2.45, 2.75) is 20.8 Å². The zero-order valence-corrected chi connectivity index (χ0v) is 9.05. The van der Waals surface area contributed by atoms with Gasteiger partial charge in [0.1, 0.15) is 12.8 Å². The van der Waals surface area contributed by atoms with E-state index >= 15 is 0 Å². The van der Waals surface area contributed by atoms with Gasteiger partial charge in [-0.05, 0) is 6.92 Å². The number of aromatic nitrogens is 2. The molecule has 2 N–H and O–H groups in total. The fraction of sp³-hybridized carbons (Fsp3) is 0.571. The highest BCUT2D eigenvalue weighted by Gasteiger charge is 2.03. The summed E-state index contributed by atoms with van der Waals surface area (Å²) >= 11 is 1.14. The molecule has 0 spiro atoms. The SMILES string of the molecule is CC.CO/N=C(\C)c1nsc(N)n1. The van der Waals surface area contributed by atoms with Crippen LogP contribution in [0.15, 0.2) is 5.16 Å². The Bertz CT molecular complexity index is 271. The number of nitrogens with two attached hydrogens (primary N) is 1. The van der Waals surface area contributed by atoms with Crippen LogP contribution in [0.1, 0.15) is 26.6 Å². The lowest BCUT2D eigenvalue weighted by Crippen LogP contribution is -1.98. The molecule has 0 aliphatic carbocycles. The van der Waals surface area contributed by atoms with Crippen LogP contribution in [0.5, 0.6) is 0 Å². The summed E-state index contributed by atoms with van der Waals surface area (Å²) in [4.78, 5) is 8.44. The first kappa shape index (κ1) is 11.8. The monoisotopic (exact) mass is 202 g/mol. The number of nitrogen functional groups attached to an aromatic ring is 1. The van der Waals surface area contributed by atoms with Crippen molar-refractivity contribution in [3.8, 4) is 0 Å². The molecule has 0 bridgehead atoms. The zero-order valence-electron chi connectivity index (χ0n) is 8.24. The Morgan fingerprint density at radius 1 is 1.54 bits per heavy atom. The molecule has 0 unspecified atom stereocenters. The van der Waals surface area contributed by atoms with Gasteiger partial charge in [0.05, 0.1) is 0 Å². The van der Waals surface area contributed by atoms with Gasteiger partial charge in [-0.15, -0.1) is 0 Å². The summed E-state index contributed by atoms with van der Waals surface area (Å²) in [7, 11) is 1.47. The van der Waals surface area contributed by atoms with Gasteiger partial charge in [0.25, 0.3) is 0 Å². The van der Waals surface area contributed by atoms with E-state index in [1.54, 1.807) is 6.92 Å². The molecule has 0 aromatic carbocycles. The van der Waals surface area contributed by atoms with Gasteiger partial charge in [-0.2, -0.15) is 9.36 Å². The fourth-order valence-corrected chi connectivity index (χ4v) is 1.04. The van der Waals surface area contributed by atoms with Crippen LogP contribution >= 0.6 is 11.5 Å². The minimum absolute atomic E-state index is 0.436. The lowest BCUT2D eigenvalue weighted by atomic mass is 10.4. The molecule has 0 amide bonds. The Hall–Kier alpha value is -1.17. The van der Waals surface area contributed by atoms with E-state index < -0.39 is 0 Å². The normalized spacial score (nSPS) is 10.3. The molecule has 0 radical (unpaired) electrons. The largest absolute Gasteiger partial charge is 0.399 e. The van der Waals surface area contributed by atoms with Crippen molar-refractivity contribution in [2.24, 2.45) is 5.16 Å². The first-order valence-electron chi connectivity index (χ1n) is 3.91. The van der Waals surface area contributed by atoms with E-state index in [1.807, 2.05) is 13.8 Å². The minimum atomic E-state index is 0.436. The van der Waals surface area contributed by atoms with E-state index in [4.69, 9.17) is 5.73 Å². The molecule has 0 saturated carbocycles. The number of hydrogen-bond donors (Lipinski definition) is 1. The van der Waals surface area contributed by atoms with Gasteiger partial charge in [0, 0.05) is 11.5 Å². The van der Waals surface area contributed by atoms with Crippen LogP contribution in [0.2, 0.25) is 0 Å². The maximum atomic E-state index is 5.36. The summed E-state index contributed by atoms with van der Waals surface area (Å²) in [5.74, 6) is 0.523. The summed E-state index contributed by atoms with van der Waals surface area (Å²) in [5, 5.41) is 4.09. The van der Waals surface area contributed by atoms with E-state index in [2.05, 4.69) is 19.4 Å². The molecule has 1 rings (SSSR count). The molecule has 1 aromatic rings. The van der Waals surface area contributed by atoms with Crippen molar-refractivity contribution in [2.75, 3.05) is 12.8 Å². The van der Waals surface area contributed by atoms with Crippen LogP contribution in [-0.2, 0) is 4.84 Å². The van der Waals surface area contributed by atoms with Gasteiger partial charge in [-0.25, -0.2) is 0 Å². The van der Waals surface area contributed by atoms with E-state index in [0.29, 0.717) is 16.7 Å². The average molecular weight is 202 g/mol. The molecular weight excluding hydrogens is 188 g/mol. The average Bonchev–Trinajstić information content (AvgIpc) is 2.56. The van der Waals surface area contributed by atoms with Gasteiger partial charge in [0.15, 0.2) is 11.0 Å². The minimum Gasteiger partial charge on any atom is -0.399 e. The molecule has 74 valence electrons. The van der Waals surface area contributed by atoms with Crippen LogP contribution < -0.4 is 5.73 Å². The summed E-state index contributed by atoms with van der Waals surface area (Å²) in [6.07, 6.45) is 0. The van der Waals surface area contributed by atoms with Gasteiger partial charge in [-0.3, -0.25) is 0 Å². The quantitative estimate of drug-likeness (QED) is 0.583. The van der Waals surface area contributed by atoms with Crippen molar-refractivity contribution in [1.82, 2.24) is 9.36 Å². The Morgan fingerprint density at radius 3 is 2.54 bits per heavy atom. The van der Waals surface area contributed by atoms with Crippen LogP contribution in [0.3, 0.4) is 0 Å². The summed E-state index contributed by atoms with van der Waals surface area (Å²) in [6, 6.07) is 0. The highest BCUT2D eigenvalue weighted by atomic mass is 32.1. The van der Waals surface area contributed by atoms with Gasteiger partial charge >= 0.3 is 0 Å². The first-order valence-corrected chi connectivity index (χ1v) is 4.68. The summed E-state index contributed by atoms with van der Waals surface area (Å²) in [6.45, 7) is 5.75. The van der Waals surface area contributed by atoms with E-state index in [9.17, 15) is 0 Å². The van der Waals surface area contributed by atoms with Crippen LogP contribution in [-0.4, -0.2) is 22.2 Å². The highest BCUT2D eigenvalue weighted by Crippen LogP contribution is 2.06. The predicted molar refractivity (Wildman–Crippen MR) is 54.9 cm³/mol. The van der Waals surface area contributed by atoms with Gasteiger partial charge in [-0.1, -0.05) is 19.0 Å². The number of oxime groups is 1. The van der Waals surface area contributed by atoms with Crippen LogP contribution in [0.25, 0.3) is 0 Å². The Kier molecular flexibility index (Phi) is 5.79. The standard InChI is InChI=1S/C5H8N4OS.C2H6/c1-3(8-10-2)4-7-5(6)11-9-4;1-2/h1-2H3,(H2,6,7,9);1-2H3/b8-3+;. The second-order valence-corrected chi connectivity index (χ2v) is 2.60. The van der Waals surface area contributed by atoms with E-state index in [-0.39, 0.29) is 0 Å². The number of anilines is 1. The third-order valence-electron chi connectivity index (χ3n) is 0.994. The highest BCUT2D eigenvalue weighted by molar-refractivity contribution is 7.09. The number of rotatable bonds is 2. The molecule has 0 fully saturated rings. The molecule has 0 atom stereocenters. The maximum Gasteiger partial charge on any atom is 0.200 e. The van der Waals surface area contributed by atoms with Crippen molar-refractivity contribution in [3.05, 3.63) is 5.82 Å². The third kappa shape index (κ3) is 3.84. The molecule has 6 heteroatoms. The van der Waals surface area contributed by atoms with Gasteiger partial charge < -0.3 is 10.6 Å². The second kappa shape index (κ2) is 6.36. The Balaban J connectivity index is 0.000000671. The molecule has 5 nitrogen and oxygen atoms in total. The number of hydrogen-bond acceptors (Lipinski definition) is 6. The maximum absolute atomic E-state index is 5.36. The zero-order chi connectivity index (χ0) is 10.3. The van der Waals surface area contributed by atoms with Crippen LogP contribution in [0.4, 0.5) is 5.13 Å². The molecule has 0 aliphatic heterocycles. The number of nitrogens with zero attached hydrogens (tertiary/aromatic N) is 3. The lowest BCUT2D eigenvalue weighted by Gasteiger charge is -1.89. The molecule has 0 saturated heterocycles. The topological polar surface area (TPSA) is 73.4 Å². The van der Waals surface area contributed by atoms with Crippen LogP contribution in [0, 0.1) is 0 Å². The van der Waals surface area contributed by atoms with E-state index in [1.165, 1.54) is 7.11 Å². The lowest BCUT2D eigenvalue weighted by molar-refractivity contribution is 0.213. The molecule has 1 heterocycles. The third-order valence-corrected chi connectivity index (χ3v) is 1.54. The first-order chi connectivity index (χ1) is 6.24. The fourth-order valence-electron chi connectivity index (χ4n) is 0.560. The van der Waals surface area contributed by atoms with E-state index in [0.717, 1.165) is 11.5 Å². The summed E-state index contributed by atoms with van der Waals surface area (Å²) < 4.78 is 3.93. The Morgan fingerprint density at radius 2 is 2.15 bits per heavy atom. The molecule has 0 aliphatic rings. The van der Waals surface area contributed by atoms with Crippen molar-refractivity contribution in [3.63, 3.8) is 0 Å². The molecule has 13 heavy (non-hydrogen) atoms.